The van der Waals surface area contributed by atoms with Gasteiger partial charge in [-0.15, -0.1) is 0 Å². The van der Waals surface area contributed by atoms with Gasteiger partial charge in [0, 0.05) is 62.1 Å². The predicted octanol–water partition coefficient (Wildman–Crippen LogP) is 6.31. The Morgan fingerprint density at radius 1 is 1.03 bits per heavy atom. The first kappa shape index (κ1) is 25.6. The Labute approximate surface area is 231 Å². The Bertz CT molecular complexity index is 1270. The highest BCUT2D eigenvalue weighted by Gasteiger charge is 2.45. The quantitative estimate of drug-likeness (QED) is 0.375. The van der Waals surface area contributed by atoms with E-state index < -0.39 is 5.54 Å². The van der Waals surface area contributed by atoms with E-state index in [-0.39, 0.29) is 5.91 Å². The number of hydrogen-bond acceptors (Lipinski definition) is 3. The van der Waals surface area contributed by atoms with Crippen LogP contribution >= 0.6 is 11.6 Å². The summed E-state index contributed by atoms with van der Waals surface area (Å²) in [7, 11) is 0. The van der Waals surface area contributed by atoms with Crippen LogP contribution in [0.25, 0.3) is 11.4 Å². The molecule has 0 bridgehead atoms. The van der Waals surface area contributed by atoms with Gasteiger partial charge in [0.1, 0.15) is 5.82 Å². The maximum absolute atomic E-state index is 13.6. The summed E-state index contributed by atoms with van der Waals surface area (Å²) in [5.74, 6) is 3.52. The van der Waals surface area contributed by atoms with Crippen molar-refractivity contribution in [3.63, 3.8) is 0 Å². The van der Waals surface area contributed by atoms with Crippen LogP contribution in [0.5, 0.6) is 0 Å². The number of piperidine rings is 2. The number of hydrogen-bond donors (Lipinski definition) is 0. The molecule has 1 amide bonds. The maximum atomic E-state index is 13.6. The van der Waals surface area contributed by atoms with Crippen molar-refractivity contribution < 1.29 is 4.79 Å². The molecule has 0 spiro atoms. The second kappa shape index (κ2) is 10.5. The number of halogens is 1. The molecule has 4 heterocycles. The molecule has 3 unspecified atom stereocenters. The first-order chi connectivity index (χ1) is 18.4. The molecule has 0 aliphatic carbocycles. The lowest BCUT2D eigenvalue weighted by atomic mass is 9.79. The van der Waals surface area contributed by atoms with Crippen molar-refractivity contribution in [3.8, 4) is 11.4 Å². The van der Waals surface area contributed by atoms with Gasteiger partial charge in [-0.25, -0.2) is 4.98 Å². The summed E-state index contributed by atoms with van der Waals surface area (Å²) in [5, 5.41) is 0.716. The van der Waals surface area contributed by atoms with Gasteiger partial charge in [-0.2, -0.15) is 0 Å². The summed E-state index contributed by atoms with van der Waals surface area (Å²) in [6, 6.07) is 16.6. The van der Waals surface area contributed by atoms with Crippen molar-refractivity contribution in [2.24, 2.45) is 17.8 Å². The number of carbonyl (C=O) groups excluding carboxylic acids is 1. The number of fused-ring (bicyclic) bond motifs is 3. The maximum Gasteiger partial charge on any atom is 0.222 e. The van der Waals surface area contributed by atoms with Gasteiger partial charge in [0.2, 0.25) is 5.91 Å². The number of imidazole rings is 1. The van der Waals surface area contributed by atoms with Gasteiger partial charge in [-0.05, 0) is 66.7 Å². The first-order valence-corrected chi connectivity index (χ1v) is 14.7. The molecule has 6 rings (SSSR count). The zero-order valence-corrected chi connectivity index (χ0v) is 23.4. The van der Waals surface area contributed by atoms with Crippen LogP contribution in [-0.2, 0) is 10.3 Å². The van der Waals surface area contributed by atoms with Crippen molar-refractivity contribution in [1.82, 2.24) is 19.4 Å². The fourth-order valence-corrected chi connectivity index (χ4v) is 7.64. The molecule has 0 N–H and O–H groups in total. The molecule has 200 valence electrons. The molecule has 2 saturated heterocycles. The van der Waals surface area contributed by atoms with E-state index in [1.165, 1.54) is 31.6 Å². The fourth-order valence-electron chi connectivity index (χ4n) is 7.52. The number of benzene rings is 2. The normalized spacial score (nSPS) is 25.8. The highest BCUT2D eigenvalue weighted by Crippen LogP contribution is 2.49. The van der Waals surface area contributed by atoms with Gasteiger partial charge in [-0.1, -0.05) is 61.8 Å². The van der Waals surface area contributed by atoms with Crippen LogP contribution in [0.2, 0.25) is 5.02 Å². The standard InChI is InChI=1S/C32H39ClN4O/c1-23-19-24(2)21-35(20-23)22-25-12-16-36(17-13-25)30(38)11-14-32(26-7-9-27(33)10-8-26)29-6-4-3-5-28(29)31-34-15-18-37(31)32/h3-10,15,18,23-25H,11-14,16-17,19-22H2,1-2H3. The molecule has 3 aromatic rings. The first-order valence-electron chi connectivity index (χ1n) is 14.3. The lowest BCUT2D eigenvalue weighted by Gasteiger charge is -2.40. The van der Waals surface area contributed by atoms with Crippen LogP contribution in [0.4, 0.5) is 0 Å². The van der Waals surface area contributed by atoms with Crippen LogP contribution in [0.15, 0.2) is 60.9 Å². The number of carbonyl (C=O) groups is 1. The smallest absolute Gasteiger partial charge is 0.222 e. The minimum atomic E-state index is -0.470. The van der Waals surface area contributed by atoms with Crippen LogP contribution in [0, 0.1) is 17.8 Å². The molecule has 3 aliphatic heterocycles. The summed E-state index contributed by atoms with van der Waals surface area (Å²) in [6.45, 7) is 10.2. The molecule has 6 heteroatoms. The highest BCUT2D eigenvalue weighted by atomic mass is 35.5. The minimum absolute atomic E-state index is 0.267. The van der Waals surface area contributed by atoms with Gasteiger partial charge in [0.15, 0.2) is 0 Å². The molecule has 0 radical (unpaired) electrons. The average Bonchev–Trinajstić information content (AvgIpc) is 3.49. The van der Waals surface area contributed by atoms with Gasteiger partial charge in [0.05, 0.1) is 5.54 Å². The van der Waals surface area contributed by atoms with E-state index in [1.807, 2.05) is 18.3 Å². The number of rotatable bonds is 6. The lowest BCUT2D eigenvalue weighted by molar-refractivity contribution is -0.133. The zero-order chi connectivity index (χ0) is 26.3. The third-order valence-corrected chi connectivity index (χ3v) is 9.37. The van der Waals surface area contributed by atoms with E-state index in [9.17, 15) is 4.79 Å². The van der Waals surface area contributed by atoms with Crippen LogP contribution in [0.1, 0.15) is 57.1 Å². The predicted molar refractivity (Wildman–Crippen MR) is 153 cm³/mol. The molecular weight excluding hydrogens is 492 g/mol. The monoisotopic (exact) mass is 530 g/mol. The SMILES string of the molecule is CC1CC(C)CN(CC2CCN(C(=O)CCC3(c4ccc(Cl)cc4)c4ccccc4-c4nccn43)CC2)C1. The average molecular weight is 531 g/mol. The van der Waals surface area contributed by atoms with E-state index in [0.717, 1.165) is 54.7 Å². The van der Waals surface area contributed by atoms with Crippen molar-refractivity contribution in [1.29, 1.82) is 0 Å². The Morgan fingerprint density at radius 2 is 1.74 bits per heavy atom. The van der Waals surface area contributed by atoms with Gasteiger partial charge in [-0.3, -0.25) is 4.79 Å². The molecular formula is C32H39ClN4O. The lowest BCUT2D eigenvalue weighted by Crippen LogP contribution is -2.45. The third-order valence-electron chi connectivity index (χ3n) is 9.12. The van der Waals surface area contributed by atoms with Gasteiger partial charge in [0.25, 0.3) is 0 Å². The summed E-state index contributed by atoms with van der Waals surface area (Å²) in [4.78, 5) is 23.1. The zero-order valence-electron chi connectivity index (χ0n) is 22.7. The van der Waals surface area contributed by atoms with Crippen molar-refractivity contribution in [2.75, 3.05) is 32.7 Å². The van der Waals surface area contributed by atoms with Gasteiger partial charge >= 0.3 is 0 Å². The van der Waals surface area contributed by atoms with E-state index >= 15 is 0 Å². The fraction of sp³-hybridized carbons (Fsp3) is 0.500. The van der Waals surface area contributed by atoms with E-state index in [4.69, 9.17) is 16.6 Å². The van der Waals surface area contributed by atoms with E-state index in [0.29, 0.717) is 23.8 Å². The number of amides is 1. The van der Waals surface area contributed by atoms with Gasteiger partial charge < -0.3 is 14.4 Å². The van der Waals surface area contributed by atoms with E-state index in [2.05, 4.69) is 70.8 Å². The number of nitrogens with zero attached hydrogens (tertiary/aromatic N) is 4. The van der Waals surface area contributed by atoms with Crippen LogP contribution in [0.3, 0.4) is 0 Å². The Balaban J connectivity index is 1.16. The van der Waals surface area contributed by atoms with Crippen molar-refractivity contribution in [3.05, 3.63) is 77.1 Å². The molecule has 38 heavy (non-hydrogen) atoms. The summed E-state index contributed by atoms with van der Waals surface area (Å²) in [5.41, 5.74) is 3.02. The Kier molecular flexibility index (Phi) is 7.09. The van der Waals surface area contributed by atoms with E-state index in [1.54, 1.807) is 0 Å². The molecule has 1 aromatic heterocycles. The van der Waals surface area contributed by atoms with Crippen molar-refractivity contribution in [2.45, 2.75) is 51.5 Å². The molecule has 3 aliphatic rings. The number of likely N-dealkylation sites (tertiary alicyclic amines) is 2. The minimum Gasteiger partial charge on any atom is -0.343 e. The highest BCUT2D eigenvalue weighted by molar-refractivity contribution is 6.30. The second-order valence-electron chi connectivity index (χ2n) is 12.0. The number of aromatic nitrogens is 2. The molecule has 0 saturated carbocycles. The molecule has 2 aromatic carbocycles. The third kappa shape index (κ3) is 4.69. The largest absolute Gasteiger partial charge is 0.343 e. The van der Waals surface area contributed by atoms with Crippen LogP contribution < -0.4 is 0 Å². The molecule has 3 atom stereocenters. The summed E-state index contributed by atoms with van der Waals surface area (Å²) < 4.78 is 2.26. The Morgan fingerprint density at radius 3 is 2.47 bits per heavy atom. The van der Waals surface area contributed by atoms with Crippen molar-refractivity contribution >= 4 is 17.5 Å². The second-order valence-corrected chi connectivity index (χ2v) is 12.5. The molecule has 2 fully saturated rings. The van der Waals surface area contributed by atoms with Crippen LogP contribution in [-0.4, -0.2) is 58.0 Å². The summed E-state index contributed by atoms with van der Waals surface area (Å²) >= 11 is 6.28. The Hall–Kier alpha value is -2.63. The topological polar surface area (TPSA) is 41.4 Å². The summed E-state index contributed by atoms with van der Waals surface area (Å²) in [6.07, 6.45) is 8.70. The molecule has 5 nitrogen and oxygen atoms in total.